The number of carbonyl (C=O) groups excluding carboxylic acids is 2. The number of rotatable bonds is 9. The van der Waals surface area contributed by atoms with Gasteiger partial charge in [-0.3, -0.25) is 9.59 Å². The number of fused-ring (bicyclic) bond motifs is 1. The second-order valence-corrected chi connectivity index (χ2v) is 8.97. The van der Waals surface area contributed by atoms with Crippen molar-refractivity contribution < 1.29 is 9.59 Å². The van der Waals surface area contributed by atoms with Gasteiger partial charge in [-0.05, 0) is 32.7 Å². The van der Waals surface area contributed by atoms with Crippen LogP contribution in [0.2, 0.25) is 0 Å². The highest BCUT2D eigenvalue weighted by atomic mass is 32.2. The summed E-state index contributed by atoms with van der Waals surface area (Å²) in [7, 11) is 3.76. The SMILES string of the molecule is CSCCC(=O)N1CCc2nnc([C@H](CC(C)C)NC(=O)CN(C)C)n2CC1. The van der Waals surface area contributed by atoms with E-state index in [2.05, 4.69) is 33.9 Å². The molecule has 2 heterocycles. The van der Waals surface area contributed by atoms with E-state index < -0.39 is 0 Å². The van der Waals surface area contributed by atoms with Gasteiger partial charge >= 0.3 is 0 Å². The highest BCUT2D eigenvalue weighted by Gasteiger charge is 2.27. The summed E-state index contributed by atoms with van der Waals surface area (Å²) in [5.41, 5.74) is 0. The molecule has 1 aromatic rings. The van der Waals surface area contributed by atoms with E-state index in [1.165, 1.54) is 0 Å². The van der Waals surface area contributed by atoms with Crippen molar-refractivity contribution in [2.75, 3.05) is 45.7 Å². The summed E-state index contributed by atoms with van der Waals surface area (Å²) in [4.78, 5) is 28.5. The van der Waals surface area contributed by atoms with Crippen molar-refractivity contribution in [3.05, 3.63) is 11.6 Å². The number of aromatic nitrogens is 3. The van der Waals surface area contributed by atoms with Crippen molar-refractivity contribution in [3.8, 4) is 0 Å². The van der Waals surface area contributed by atoms with Crippen LogP contribution >= 0.6 is 11.8 Å². The molecule has 1 atom stereocenters. The standard InChI is InChI=1S/C19H34N6O2S/c1-14(2)12-15(20-17(26)13-23(3)4)19-22-21-16-6-8-24(9-10-25(16)19)18(27)7-11-28-5/h14-15H,6-13H2,1-5H3,(H,20,26)/t15-/m0/s1. The Hall–Kier alpha value is -1.61. The Labute approximate surface area is 172 Å². The fraction of sp³-hybridized carbons (Fsp3) is 0.789. The summed E-state index contributed by atoms with van der Waals surface area (Å²) < 4.78 is 2.10. The molecular formula is C19H34N6O2S. The van der Waals surface area contributed by atoms with Crippen LogP contribution in [-0.4, -0.2) is 82.1 Å². The summed E-state index contributed by atoms with van der Waals surface area (Å²) in [5.74, 6) is 3.14. The molecule has 1 aliphatic heterocycles. The number of amides is 2. The van der Waals surface area contributed by atoms with Crippen LogP contribution in [-0.2, 0) is 22.6 Å². The quantitative estimate of drug-likeness (QED) is 0.658. The number of nitrogens with one attached hydrogen (secondary N) is 1. The zero-order valence-corrected chi connectivity index (χ0v) is 18.6. The minimum absolute atomic E-state index is 0.0181. The van der Waals surface area contributed by atoms with E-state index in [0.717, 1.165) is 23.8 Å². The van der Waals surface area contributed by atoms with E-state index in [0.29, 0.717) is 44.9 Å². The summed E-state index contributed by atoms with van der Waals surface area (Å²) in [6.45, 7) is 6.61. The molecular weight excluding hydrogens is 376 g/mol. The highest BCUT2D eigenvalue weighted by molar-refractivity contribution is 7.98. The van der Waals surface area contributed by atoms with Gasteiger partial charge in [0.1, 0.15) is 5.82 Å². The molecule has 0 saturated carbocycles. The van der Waals surface area contributed by atoms with Crippen LogP contribution < -0.4 is 5.32 Å². The van der Waals surface area contributed by atoms with E-state index in [9.17, 15) is 9.59 Å². The predicted octanol–water partition coefficient (Wildman–Crippen LogP) is 1.18. The molecule has 0 bridgehead atoms. The third kappa shape index (κ3) is 6.48. The topological polar surface area (TPSA) is 83.4 Å². The van der Waals surface area contributed by atoms with Crippen LogP contribution in [0.3, 0.4) is 0 Å². The van der Waals surface area contributed by atoms with Crippen LogP contribution in [0.15, 0.2) is 0 Å². The van der Waals surface area contributed by atoms with Crippen molar-refractivity contribution in [3.63, 3.8) is 0 Å². The zero-order valence-electron chi connectivity index (χ0n) is 17.8. The number of likely N-dealkylation sites (N-methyl/N-ethyl adjacent to an activating group) is 1. The second-order valence-electron chi connectivity index (χ2n) is 7.99. The van der Waals surface area contributed by atoms with Gasteiger partial charge in [0, 0.05) is 38.2 Å². The molecule has 8 nitrogen and oxygen atoms in total. The van der Waals surface area contributed by atoms with Crippen LogP contribution in [0, 0.1) is 5.92 Å². The molecule has 9 heteroatoms. The largest absolute Gasteiger partial charge is 0.345 e. The minimum atomic E-state index is -0.174. The molecule has 0 aromatic carbocycles. The van der Waals surface area contributed by atoms with Gasteiger partial charge in [0.05, 0.1) is 12.6 Å². The average Bonchev–Trinajstić information content (AvgIpc) is 2.89. The van der Waals surface area contributed by atoms with E-state index in [4.69, 9.17) is 0 Å². The number of carbonyl (C=O) groups is 2. The number of thioether (sulfide) groups is 1. The van der Waals surface area contributed by atoms with Crippen molar-refractivity contribution in [2.24, 2.45) is 5.92 Å². The van der Waals surface area contributed by atoms with Crippen molar-refractivity contribution in [2.45, 2.75) is 45.7 Å². The lowest BCUT2D eigenvalue weighted by atomic mass is 10.0. The van der Waals surface area contributed by atoms with Gasteiger partial charge in [0.2, 0.25) is 11.8 Å². The smallest absolute Gasteiger partial charge is 0.234 e. The number of nitrogens with zero attached hydrogens (tertiary/aromatic N) is 5. The summed E-state index contributed by atoms with van der Waals surface area (Å²) in [5, 5.41) is 11.9. The Balaban J connectivity index is 2.13. The van der Waals surface area contributed by atoms with Gasteiger partial charge in [0.25, 0.3) is 0 Å². The van der Waals surface area contributed by atoms with Gasteiger partial charge in [0.15, 0.2) is 5.82 Å². The fourth-order valence-corrected chi connectivity index (χ4v) is 3.81. The maximum absolute atomic E-state index is 12.4. The lowest BCUT2D eigenvalue weighted by Gasteiger charge is -2.23. The maximum Gasteiger partial charge on any atom is 0.234 e. The molecule has 1 N–H and O–H groups in total. The maximum atomic E-state index is 12.4. The first kappa shape index (κ1) is 22.7. The van der Waals surface area contributed by atoms with E-state index in [-0.39, 0.29) is 17.9 Å². The van der Waals surface area contributed by atoms with Crippen LogP contribution in [0.5, 0.6) is 0 Å². The Bertz CT molecular complexity index is 661. The Morgan fingerprint density at radius 1 is 1.21 bits per heavy atom. The summed E-state index contributed by atoms with van der Waals surface area (Å²) >= 11 is 1.69. The molecule has 0 unspecified atom stereocenters. The Morgan fingerprint density at radius 3 is 2.61 bits per heavy atom. The van der Waals surface area contributed by atoms with Crippen LogP contribution in [0.4, 0.5) is 0 Å². The fourth-order valence-electron chi connectivity index (χ4n) is 3.43. The Morgan fingerprint density at radius 2 is 1.96 bits per heavy atom. The lowest BCUT2D eigenvalue weighted by molar-refractivity contribution is -0.130. The van der Waals surface area contributed by atoms with Crippen molar-refractivity contribution in [1.82, 2.24) is 29.9 Å². The predicted molar refractivity (Wildman–Crippen MR) is 112 cm³/mol. The summed E-state index contributed by atoms with van der Waals surface area (Å²) in [6, 6.07) is -0.174. The molecule has 158 valence electrons. The second kappa shape index (κ2) is 10.8. The third-order valence-electron chi connectivity index (χ3n) is 4.74. The first-order valence-corrected chi connectivity index (χ1v) is 11.3. The van der Waals surface area contributed by atoms with E-state index in [1.54, 1.807) is 11.8 Å². The lowest BCUT2D eigenvalue weighted by Crippen LogP contribution is -2.38. The molecule has 1 aliphatic rings. The van der Waals surface area contributed by atoms with Gasteiger partial charge in [-0.25, -0.2) is 0 Å². The van der Waals surface area contributed by atoms with Gasteiger partial charge in [-0.15, -0.1) is 10.2 Å². The molecule has 0 spiro atoms. The Kier molecular flexibility index (Phi) is 8.75. The van der Waals surface area contributed by atoms with Crippen LogP contribution in [0.25, 0.3) is 0 Å². The summed E-state index contributed by atoms with van der Waals surface area (Å²) in [6.07, 6.45) is 4.08. The van der Waals surface area contributed by atoms with Gasteiger partial charge in [-0.1, -0.05) is 13.8 Å². The van der Waals surface area contributed by atoms with Gasteiger partial charge < -0.3 is 19.7 Å². The molecule has 0 fully saturated rings. The highest BCUT2D eigenvalue weighted by Crippen LogP contribution is 2.22. The number of hydrogen-bond donors (Lipinski definition) is 1. The van der Waals surface area contributed by atoms with Gasteiger partial charge in [-0.2, -0.15) is 11.8 Å². The molecule has 1 aromatic heterocycles. The average molecular weight is 411 g/mol. The van der Waals surface area contributed by atoms with Crippen molar-refractivity contribution in [1.29, 1.82) is 0 Å². The van der Waals surface area contributed by atoms with E-state index >= 15 is 0 Å². The van der Waals surface area contributed by atoms with Crippen molar-refractivity contribution >= 4 is 23.6 Å². The first-order valence-electron chi connectivity index (χ1n) is 9.94. The normalized spacial score (nSPS) is 15.5. The number of hydrogen-bond acceptors (Lipinski definition) is 6. The molecule has 2 amide bonds. The molecule has 0 radical (unpaired) electrons. The molecule has 28 heavy (non-hydrogen) atoms. The molecule has 0 saturated heterocycles. The van der Waals surface area contributed by atoms with E-state index in [1.807, 2.05) is 30.2 Å². The first-order chi connectivity index (χ1) is 13.3. The minimum Gasteiger partial charge on any atom is -0.345 e. The monoisotopic (exact) mass is 410 g/mol. The third-order valence-corrected chi connectivity index (χ3v) is 5.35. The molecule has 2 rings (SSSR count). The zero-order chi connectivity index (χ0) is 20.7. The molecule has 0 aliphatic carbocycles. The van der Waals surface area contributed by atoms with Crippen LogP contribution in [0.1, 0.15) is 44.4 Å².